The summed E-state index contributed by atoms with van der Waals surface area (Å²) in [5.74, 6) is 2.61. The molecule has 152 valence electrons. The molecule has 6 nitrogen and oxygen atoms in total. The van der Waals surface area contributed by atoms with Crippen molar-refractivity contribution in [2.75, 3.05) is 13.1 Å². The standard InChI is InChI=1S/C20H27FN6.HI/c1-2-22-19(23-13-18-26-25-17-9-5-6-12-27(17)18)24-14-20(10-11-20)15-7-3-4-8-16(15)21;/h3-4,7-8H,2,5-6,9-14H2,1H3,(H2,22,23,24);1H. The summed E-state index contributed by atoms with van der Waals surface area (Å²) in [5, 5.41) is 15.3. The monoisotopic (exact) mass is 498 g/mol. The summed E-state index contributed by atoms with van der Waals surface area (Å²) in [4.78, 5) is 4.69. The van der Waals surface area contributed by atoms with Crippen LogP contribution in [0.15, 0.2) is 29.3 Å². The molecule has 2 aromatic rings. The lowest BCUT2D eigenvalue weighted by Gasteiger charge is -2.19. The maximum atomic E-state index is 14.2. The van der Waals surface area contributed by atoms with Crippen LogP contribution in [0.5, 0.6) is 0 Å². The molecule has 28 heavy (non-hydrogen) atoms. The summed E-state index contributed by atoms with van der Waals surface area (Å²) in [6.45, 7) is 4.97. The van der Waals surface area contributed by atoms with Crippen molar-refractivity contribution in [1.29, 1.82) is 0 Å². The highest BCUT2D eigenvalue weighted by atomic mass is 127. The number of aliphatic imine (C=N–C) groups is 1. The summed E-state index contributed by atoms with van der Waals surface area (Å²) in [6, 6.07) is 7.10. The van der Waals surface area contributed by atoms with Crippen molar-refractivity contribution in [3.8, 4) is 0 Å². The number of halogens is 2. The minimum Gasteiger partial charge on any atom is -0.357 e. The molecule has 0 spiro atoms. The number of nitrogens with one attached hydrogen (secondary N) is 2. The fourth-order valence-electron chi connectivity index (χ4n) is 3.81. The van der Waals surface area contributed by atoms with Crippen molar-refractivity contribution < 1.29 is 4.39 Å². The van der Waals surface area contributed by atoms with Gasteiger partial charge in [-0.15, -0.1) is 34.2 Å². The van der Waals surface area contributed by atoms with E-state index in [-0.39, 0.29) is 35.2 Å². The lowest BCUT2D eigenvalue weighted by atomic mass is 9.95. The number of nitrogens with zero attached hydrogens (tertiary/aromatic N) is 4. The first-order valence-electron chi connectivity index (χ1n) is 9.90. The first-order chi connectivity index (χ1) is 13.2. The molecule has 2 N–H and O–H groups in total. The molecule has 1 aliphatic carbocycles. The van der Waals surface area contributed by atoms with E-state index in [1.54, 1.807) is 12.1 Å². The number of rotatable bonds is 6. The molecule has 1 aliphatic heterocycles. The van der Waals surface area contributed by atoms with E-state index in [9.17, 15) is 4.39 Å². The molecule has 2 aliphatic rings. The quantitative estimate of drug-likeness (QED) is 0.365. The molecule has 4 rings (SSSR count). The second-order valence-corrected chi connectivity index (χ2v) is 7.45. The molecule has 0 unspecified atom stereocenters. The highest BCUT2D eigenvalue weighted by molar-refractivity contribution is 14.0. The topological polar surface area (TPSA) is 67.1 Å². The Morgan fingerprint density at radius 2 is 2.04 bits per heavy atom. The highest BCUT2D eigenvalue weighted by Crippen LogP contribution is 2.48. The predicted molar refractivity (Wildman–Crippen MR) is 119 cm³/mol. The number of hydrogen-bond donors (Lipinski definition) is 2. The van der Waals surface area contributed by atoms with Crippen LogP contribution in [-0.2, 0) is 24.9 Å². The number of benzene rings is 1. The van der Waals surface area contributed by atoms with Gasteiger partial charge >= 0.3 is 0 Å². The van der Waals surface area contributed by atoms with Crippen LogP contribution in [0.25, 0.3) is 0 Å². The minimum absolute atomic E-state index is 0. The molecule has 8 heteroatoms. The van der Waals surface area contributed by atoms with Crippen molar-refractivity contribution in [3.05, 3.63) is 47.3 Å². The van der Waals surface area contributed by atoms with E-state index in [2.05, 4.69) is 30.4 Å². The van der Waals surface area contributed by atoms with Gasteiger partial charge in [-0.3, -0.25) is 0 Å². The zero-order valence-corrected chi connectivity index (χ0v) is 18.6. The van der Waals surface area contributed by atoms with E-state index in [1.165, 1.54) is 12.8 Å². The Morgan fingerprint density at radius 1 is 1.21 bits per heavy atom. The van der Waals surface area contributed by atoms with Gasteiger partial charge in [-0.2, -0.15) is 0 Å². The van der Waals surface area contributed by atoms with Crippen LogP contribution < -0.4 is 10.6 Å². The third kappa shape index (κ3) is 4.47. The van der Waals surface area contributed by atoms with Gasteiger partial charge in [0.15, 0.2) is 11.8 Å². The maximum absolute atomic E-state index is 14.2. The predicted octanol–water partition coefficient (Wildman–Crippen LogP) is 3.16. The van der Waals surface area contributed by atoms with Crippen molar-refractivity contribution in [2.24, 2.45) is 4.99 Å². The van der Waals surface area contributed by atoms with E-state index < -0.39 is 0 Å². The van der Waals surface area contributed by atoms with Gasteiger partial charge in [0, 0.05) is 31.5 Å². The van der Waals surface area contributed by atoms with Crippen LogP contribution in [0.3, 0.4) is 0 Å². The van der Waals surface area contributed by atoms with Gasteiger partial charge in [0.25, 0.3) is 0 Å². The van der Waals surface area contributed by atoms with E-state index >= 15 is 0 Å². The van der Waals surface area contributed by atoms with E-state index in [0.29, 0.717) is 13.1 Å². The normalized spacial score (nSPS) is 17.4. The smallest absolute Gasteiger partial charge is 0.191 e. The van der Waals surface area contributed by atoms with Gasteiger partial charge in [0.2, 0.25) is 0 Å². The zero-order valence-electron chi connectivity index (χ0n) is 16.2. The number of fused-ring (bicyclic) bond motifs is 1. The van der Waals surface area contributed by atoms with E-state index in [0.717, 1.165) is 55.5 Å². The maximum Gasteiger partial charge on any atom is 0.191 e. The number of guanidine groups is 1. The van der Waals surface area contributed by atoms with Crippen LogP contribution in [0.2, 0.25) is 0 Å². The molecular weight excluding hydrogens is 470 g/mol. The first kappa shape index (κ1) is 21.0. The summed E-state index contributed by atoms with van der Waals surface area (Å²) in [5.41, 5.74) is 0.690. The van der Waals surface area contributed by atoms with Gasteiger partial charge in [-0.1, -0.05) is 18.2 Å². The number of aryl methyl sites for hydroxylation is 1. The molecule has 1 saturated carbocycles. The Bertz CT molecular complexity index is 830. The SMILES string of the molecule is CCNC(=NCc1nnc2n1CCCC2)NCC1(c2ccccc2F)CC1.I. The molecule has 0 bridgehead atoms. The summed E-state index contributed by atoms with van der Waals surface area (Å²) >= 11 is 0. The fraction of sp³-hybridized carbons (Fsp3) is 0.550. The fourth-order valence-corrected chi connectivity index (χ4v) is 3.81. The molecule has 0 atom stereocenters. The third-order valence-corrected chi connectivity index (χ3v) is 5.55. The van der Waals surface area contributed by atoms with E-state index in [1.807, 2.05) is 19.1 Å². The molecule has 2 heterocycles. The lowest BCUT2D eigenvalue weighted by molar-refractivity contribution is 0.508. The minimum atomic E-state index is -0.117. The molecule has 0 radical (unpaired) electrons. The Labute approximate surface area is 182 Å². The zero-order chi connectivity index (χ0) is 18.7. The number of aromatic nitrogens is 3. The van der Waals surface area contributed by atoms with Crippen LogP contribution in [-0.4, -0.2) is 33.8 Å². The average Bonchev–Trinajstić information content (AvgIpc) is 3.37. The molecule has 0 saturated heterocycles. The second kappa shape index (κ2) is 9.19. The Hall–Kier alpha value is -1.71. The second-order valence-electron chi connectivity index (χ2n) is 7.45. The number of hydrogen-bond acceptors (Lipinski definition) is 3. The van der Waals surface area contributed by atoms with Gasteiger partial charge in [-0.25, -0.2) is 9.38 Å². The van der Waals surface area contributed by atoms with E-state index in [4.69, 9.17) is 0 Å². The molecule has 1 fully saturated rings. The summed E-state index contributed by atoms with van der Waals surface area (Å²) < 4.78 is 16.4. The van der Waals surface area contributed by atoms with Crippen molar-refractivity contribution >= 4 is 29.9 Å². The van der Waals surface area contributed by atoms with Crippen LogP contribution in [0.1, 0.15) is 49.8 Å². The van der Waals surface area contributed by atoms with Crippen molar-refractivity contribution in [3.63, 3.8) is 0 Å². The van der Waals surface area contributed by atoms with Gasteiger partial charge in [-0.05, 0) is 44.2 Å². The Balaban J connectivity index is 0.00000225. The largest absolute Gasteiger partial charge is 0.357 e. The summed E-state index contributed by atoms with van der Waals surface area (Å²) in [7, 11) is 0. The Kier molecular flexibility index (Phi) is 6.90. The third-order valence-electron chi connectivity index (χ3n) is 5.55. The molecule has 1 aromatic carbocycles. The van der Waals surface area contributed by atoms with Crippen molar-refractivity contribution in [2.45, 2.75) is 57.5 Å². The molecular formula is C20H28FIN6. The molecule has 1 aromatic heterocycles. The Morgan fingerprint density at radius 3 is 2.79 bits per heavy atom. The lowest BCUT2D eigenvalue weighted by Crippen LogP contribution is -2.41. The van der Waals surface area contributed by atoms with Crippen LogP contribution in [0.4, 0.5) is 4.39 Å². The summed E-state index contributed by atoms with van der Waals surface area (Å²) in [6.07, 6.45) is 5.35. The highest BCUT2D eigenvalue weighted by Gasteiger charge is 2.45. The molecule has 0 amide bonds. The average molecular weight is 498 g/mol. The van der Waals surface area contributed by atoms with Gasteiger partial charge in [0.1, 0.15) is 18.2 Å². The first-order valence-corrected chi connectivity index (χ1v) is 9.90. The van der Waals surface area contributed by atoms with Crippen LogP contribution in [0, 0.1) is 5.82 Å². The van der Waals surface area contributed by atoms with Crippen molar-refractivity contribution in [1.82, 2.24) is 25.4 Å². The van der Waals surface area contributed by atoms with Gasteiger partial charge in [0.05, 0.1) is 0 Å². The van der Waals surface area contributed by atoms with Gasteiger partial charge < -0.3 is 15.2 Å². The van der Waals surface area contributed by atoms with Crippen LogP contribution >= 0.6 is 24.0 Å².